The molecule has 0 saturated carbocycles. The van der Waals surface area contributed by atoms with Gasteiger partial charge in [-0.1, -0.05) is 6.07 Å². The number of anilines is 2. The van der Waals surface area contributed by atoms with Crippen molar-refractivity contribution in [3.8, 4) is 0 Å². The number of nitrogens with one attached hydrogen (secondary N) is 4. The van der Waals surface area contributed by atoms with E-state index in [2.05, 4.69) is 21.3 Å². The molecule has 0 atom stereocenters. The van der Waals surface area contributed by atoms with Crippen LogP contribution in [0.4, 0.5) is 11.4 Å². The zero-order chi connectivity index (χ0) is 20.5. The molecule has 2 aromatic carbocycles. The van der Waals surface area contributed by atoms with E-state index in [4.69, 9.17) is 0 Å². The molecular weight excluding hydrogens is 356 g/mol. The smallest absolute Gasteiger partial charge is 0.251 e. The van der Waals surface area contributed by atoms with Crippen LogP contribution in [0.5, 0.6) is 0 Å². The molecule has 0 bridgehead atoms. The molecule has 148 valence electrons. The summed E-state index contributed by atoms with van der Waals surface area (Å²) in [4.78, 5) is 35.9. The predicted molar refractivity (Wildman–Crippen MR) is 111 cm³/mol. The van der Waals surface area contributed by atoms with Gasteiger partial charge in [-0.05, 0) is 63.2 Å². The van der Waals surface area contributed by atoms with Crippen molar-refractivity contribution in [2.75, 3.05) is 23.7 Å². The molecule has 0 aliphatic carbocycles. The van der Waals surface area contributed by atoms with E-state index in [0.717, 1.165) is 5.69 Å². The first kappa shape index (κ1) is 21.0. The molecule has 0 radical (unpaired) electrons. The first-order valence-electron chi connectivity index (χ1n) is 9.22. The summed E-state index contributed by atoms with van der Waals surface area (Å²) in [5.41, 5.74) is 2.33. The summed E-state index contributed by atoms with van der Waals surface area (Å²) in [6, 6.07) is 13.7. The van der Waals surface area contributed by atoms with Gasteiger partial charge in [0.05, 0.1) is 6.54 Å². The normalized spacial score (nSPS) is 10.3. The second-order valence-corrected chi connectivity index (χ2v) is 6.55. The Kier molecular flexibility index (Phi) is 7.56. The SMILES string of the molecule is CCNC(=O)c1cccc(NC(=O)CNc2ccc(C(=O)NC(C)C)cc2)c1. The largest absolute Gasteiger partial charge is 0.376 e. The van der Waals surface area contributed by atoms with E-state index in [1.807, 2.05) is 20.8 Å². The molecule has 0 fully saturated rings. The molecule has 0 aliphatic rings. The summed E-state index contributed by atoms with van der Waals surface area (Å²) in [5, 5.41) is 11.3. The van der Waals surface area contributed by atoms with Gasteiger partial charge in [0.1, 0.15) is 0 Å². The maximum atomic E-state index is 12.2. The molecule has 0 heterocycles. The highest BCUT2D eigenvalue weighted by molar-refractivity contribution is 5.98. The molecule has 7 nitrogen and oxygen atoms in total. The number of benzene rings is 2. The monoisotopic (exact) mass is 382 g/mol. The minimum absolute atomic E-state index is 0.0585. The molecule has 0 unspecified atom stereocenters. The lowest BCUT2D eigenvalue weighted by Crippen LogP contribution is -2.30. The number of carbonyl (C=O) groups is 3. The maximum absolute atomic E-state index is 12.2. The molecule has 7 heteroatoms. The summed E-state index contributed by atoms with van der Waals surface area (Å²) < 4.78 is 0. The van der Waals surface area contributed by atoms with Crippen LogP contribution in [0.1, 0.15) is 41.5 Å². The number of hydrogen-bond acceptors (Lipinski definition) is 4. The van der Waals surface area contributed by atoms with E-state index in [1.54, 1.807) is 48.5 Å². The standard InChI is InChI=1S/C21H26N4O3/c1-4-22-20(27)16-6-5-7-18(12-16)25-19(26)13-23-17-10-8-15(9-11-17)21(28)24-14(2)3/h5-12,14,23H,4,13H2,1-3H3,(H,22,27)(H,24,28)(H,25,26). The van der Waals surface area contributed by atoms with Gasteiger partial charge in [-0.25, -0.2) is 0 Å². The van der Waals surface area contributed by atoms with Crippen molar-refractivity contribution in [2.45, 2.75) is 26.8 Å². The summed E-state index contributed by atoms with van der Waals surface area (Å²) in [7, 11) is 0. The lowest BCUT2D eigenvalue weighted by molar-refractivity contribution is -0.114. The third kappa shape index (κ3) is 6.42. The highest BCUT2D eigenvalue weighted by atomic mass is 16.2. The second kappa shape index (κ2) is 10.1. The second-order valence-electron chi connectivity index (χ2n) is 6.55. The third-order valence-corrected chi connectivity index (χ3v) is 3.77. The van der Waals surface area contributed by atoms with Gasteiger partial charge in [-0.3, -0.25) is 14.4 Å². The lowest BCUT2D eigenvalue weighted by Gasteiger charge is -2.11. The highest BCUT2D eigenvalue weighted by Crippen LogP contribution is 2.12. The van der Waals surface area contributed by atoms with Crippen LogP contribution < -0.4 is 21.3 Å². The van der Waals surface area contributed by atoms with Crippen molar-refractivity contribution < 1.29 is 14.4 Å². The topological polar surface area (TPSA) is 99.3 Å². The maximum Gasteiger partial charge on any atom is 0.251 e. The predicted octanol–water partition coefficient (Wildman–Crippen LogP) is 2.63. The Bertz CT molecular complexity index is 832. The molecule has 0 aromatic heterocycles. The Hall–Kier alpha value is -3.35. The molecule has 2 aromatic rings. The number of amides is 3. The van der Waals surface area contributed by atoms with Gasteiger partial charge < -0.3 is 21.3 Å². The minimum atomic E-state index is -0.241. The van der Waals surface area contributed by atoms with Crippen LogP contribution in [0.15, 0.2) is 48.5 Å². The van der Waals surface area contributed by atoms with Gasteiger partial charge in [0, 0.05) is 35.1 Å². The number of carbonyl (C=O) groups excluding carboxylic acids is 3. The van der Waals surface area contributed by atoms with Gasteiger partial charge in [-0.15, -0.1) is 0 Å². The van der Waals surface area contributed by atoms with Crippen LogP contribution >= 0.6 is 0 Å². The highest BCUT2D eigenvalue weighted by Gasteiger charge is 2.09. The fourth-order valence-corrected chi connectivity index (χ4v) is 2.47. The number of rotatable bonds is 8. The van der Waals surface area contributed by atoms with Crippen molar-refractivity contribution in [2.24, 2.45) is 0 Å². The molecule has 4 N–H and O–H groups in total. The van der Waals surface area contributed by atoms with Gasteiger partial charge >= 0.3 is 0 Å². The Labute approximate surface area is 164 Å². The third-order valence-electron chi connectivity index (χ3n) is 3.77. The Morgan fingerprint density at radius 1 is 0.893 bits per heavy atom. The molecule has 2 rings (SSSR count). The average Bonchev–Trinajstić information content (AvgIpc) is 2.66. The van der Waals surface area contributed by atoms with Crippen molar-refractivity contribution in [3.05, 3.63) is 59.7 Å². The van der Waals surface area contributed by atoms with E-state index in [9.17, 15) is 14.4 Å². The first-order chi connectivity index (χ1) is 13.4. The Balaban J connectivity index is 1.88. The zero-order valence-corrected chi connectivity index (χ0v) is 16.3. The van der Waals surface area contributed by atoms with Crippen LogP contribution in [-0.2, 0) is 4.79 Å². The van der Waals surface area contributed by atoms with E-state index < -0.39 is 0 Å². The van der Waals surface area contributed by atoms with E-state index in [0.29, 0.717) is 23.4 Å². The number of hydrogen-bond donors (Lipinski definition) is 4. The molecule has 0 saturated heterocycles. The first-order valence-corrected chi connectivity index (χ1v) is 9.22. The summed E-state index contributed by atoms with van der Waals surface area (Å²) in [6.45, 7) is 6.25. The molecule has 0 spiro atoms. The van der Waals surface area contributed by atoms with E-state index >= 15 is 0 Å². The summed E-state index contributed by atoms with van der Waals surface area (Å²) in [6.07, 6.45) is 0. The molecule has 28 heavy (non-hydrogen) atoms. The molecule has 3 amide bonds. The fraction of sp³-hybridized carbons (Fsp3) is 0.286. The molecule has 0 aliphatic heterocycles. The summed E-state index contributed by atoms with van der Waals surface area (Å²) in [5.74, 6) is -0.556. The Morgan fingerprint density at radius 3 is 2.25 bits per heavy atom. The lowest BCUT2D eigenvalue weighted by atomic mass is 10.2. The Morgan fingerprint density at radius 2 is 1.61 bits per heavy atom. The van der Waals surface area contributed by atoms with Gasteiger partial charge in [-0.2, -0.15) is 0 Å². The average molecular weight is 382 g/mol. The van der Waals surface area contributed by atoms with Crippen LogP contribution in [-0.4, -0.2) is 36.9 Å². The van der Waals surface area contributed by atoms with Gasteiger partial charge in [0.2, 0.25) is 5.91 Å². The van der Waals surface area contributed by atoms with Crippen molar-refractivity contribution in [3.63, 3.8) is 0 Å². The van der Waals surface area contributed by atoms with Crippen molar-refractivity contribution in [1.29, 1.82) is 0 Å². The quantitative estimate of drug-likeness (QED) is 0.564. The fourth-order valence-electron chi connectivity index (χ4n) is 2.47. The van der Waals surface area contributed by atoms with E-state index in [-0.39, 0.29) is 30.3 Å². The van der Waals surface area contributed by atoms with Crippen LogP contribution in [0.25, 0.3) is 0 Å². The van der Waals surface area contributed by atoms with E-state index in [1.165, 1.54) is 0 Å². The minimum Gasteiger partial charge on any atom is -0.376 e. The van der Waals surface area contributed by atoms with Crippen LogP contribution in [0.2, 0.25) is 0 Å². The molecular formula is C21H26N4O3. The van der Waals surface area contributed by atoms with Crippen LogP contribution in [0, 0.1) is 0 Å². The van der Waals surface area contributed by atoms with Crippen molar-refractivity contribution >= 4 is 29.1 Å². The van der Waals surface area contributed by atoms with Gasteiger partial charge in [0.15, 0.2) is 0 Å². The van der Waals surface area contributed by atoms with Crippen LogP contribution in [0.3, 0.4) is 0 Å². The van der Waals surface area contributed by atoms with Gasteiger partial charge in [0.25, 0.3) is 11.8 Å². The summed E-state index contributed by atoms with van der Waals surface area (Å²) >= 11 is 0. The van der Waals surface area contributed by atoms with Crippen molar-refractivity contribution in [1.82, 2.24) is 10.6 Å². The zero-order valence-electron chi connectivity index (χ0n) is 16.3.